The largest absolute Gasteiger partial charge is 0.496 e. The number of rotatable bonds is 6. The SMILES string of the molecule is COc1ccccc1CNC(=O)C1CCN(c2nc3ccsc3c(=O)n2-c2ccccc2)CC1. The van der Waals surface area contributed by atoms with Crippen molar-refractivity contribution in [3.05, 3.63) is 82.0 Å². The summed E-state index contributed by atoms with van der Waals surface area (Å²) in [7, 11) is 1.63. The minimum absolute atomic E-state index is 0.0484. The molecular weight excluding hydrogens is 448 g/mol. The molecule has 0 radical (unpaired) electrons. The van der Waals surface area contributed by atoms with Gasteiger partial charge in [-0.1, -0.05) is 36.4 Å². The molecule has 1 aliphatic heterocycles. The second kappa shape index (κ2) is 9.69. The van der Waals surface area contributed by atoms with Crippen LogP contribution in [0.2, 0.25) is 0 Å². The summed E-state index contributed by atoms with van der Waals surface area (Å²) in [5.74, 6) is 1.38. The number of hydrogen-bond acceptors (Lipinski definition) is 6. The van der Waals surface area contributed by atoms with Gasteiger partial charge < -0.3 is 15.0 Å². The Hall–Kier alpha value is -3.65. The molecular formula is C26H26N4O3S. The molecule has 174 valence electrons. The molecule has 1 saturated heterocycles. The summed E-state index contributed by atoms with van der Waals surface area (Å²) in [6.45, 7) is 1.75. The highest BCUT2D eigenvalue weighted by Crippen LogP contribution is 2.27. The van der Waals surface area contributed by atoms with Gasteiger partial charge in [0.2, 0.25) is 11.9 Å². The van der Waals surface area contributed by atoms with E-state index in [4.69, 9.17) is 9.72 Å². The van der Waals surface area contributed by atoms with Gasteiger partial charge in [0.1, 0.15) is 10.4 Å². The summed E-state index contributed by atoms with van der Waals surface area (Å²) in [5, 5.41) is 4.96. The van der Waals surface area contributed by atoms with E-state index in [1.54, 1.807) is 11.7 Å². The molecule has 1 aliphatic rings. The van der Waals surface area contributed by atoms with E-state index in [9.17, 15) is 9.59 Å². The van der Waals surface area contributed by atoms with Crippen LogP contribution in [0.15, 0.2) is 70.8 Å². The van der Waals surface area contributed by atoms with Crippen molar-refractivity contribution in [2.75, 3.05) is 25.1 Å². The zero-order valence-corrected chi connectivity index (χ0v) is 19.8. The van der Waals surface area contributed by atoms with Crippen molar-refractivity contribution in [3.8, 4) is 11.4 Å². The average molecular weight is 475 g/mol. The molecule has 0 atom stereocenters. The van der Waals surface area contributed by atoms with E-state index >= 15 is 0 Å². The van der Waals surface area contributed by atoms with Gasteiger partial charge in [-0.05, 0) is 42.5 Å². The molecule has 0 bridgehead atoms. The fourth-order valence-corrected chi connectivity index (χ4v) is 5.20. The molecule has 0 spiro atoms. The van der Waals surface area contributed by atoms with E-state index < -0.39 is 0 Å². The third kappa shape index (κ3) is 4.28. The van der Waals surface area contributed by atoms with E-state index in [0.29, 0.717) is 48.6 Å². The smallest absolute Gasteiger partial charge is 0.277 e. The highest BCUT2D eigenvalue weighted by Gasteiger charge is 2.28. The molecule has 2 aromatic heterocycles. The molecule has 0 saturated carbocycles. The van der Waals surface area contributed by atoms with Gasteiger partial charge in [0, 0.05) is 31.1 Å². The Morgan fingerprint density at radius 2 is 1.82 bits per heavy atom. The molecule has 7 nitrogen and oxygen atoms in total. The van der Waals surface area contributed by atoms with Crippen molar-refractivity contribution >= 4 is 33.4 Å². The lowest BCUT2D eigenvalue weighted by Crippen LogP contribution is -2.42. The Bertz CT molecular complexity index is 1360. The number of hydrogen-bond donors (Lipinski definition) is 1. The topological polar surface area (TPSA) is 76.5 Å². The lowest BCUT2D eigenvalue weighted by Gasteiger charge is -2.33. The predicted octanol–water partition coefficient (Wildman–Crippen LogP) is 3.99. The molecule has 34 heavy (non-hydrogen) atoms. The highest BCUT2D eigenvalue weighted by atomic mass is 32.1. The fraction of sp³-hybridized carbons (Fsp3) is 0.269. The van der Waals surface area contributed by atoms with Crippen LogP contribution in [0, 0.1) is 5.92 Å². The molecule has 2 aromatic carbocycles. The second-order valence-corrected chi connectivity index (χ2v) is 9.23. The monoisotopic (exact) mass is 474 g/mol. The Morgan fingerprint density at radius 3 is 2.59 bits per heavy atom. The third-order valence-corrected chi connectivity index (χ3v) is 7.16. The first-order valence-corrected chi connectivity index (χ1v) is 12.2. The summed E-state index contributed by atoms with van der Waals surface area (Å²) >= 11 is 1.41. The van der Waals surface area contributed by atoms with Crippen molar-refractivity contribution in [1.82, 2.24) is 14.9 Å². The van der Waals surface area contributed by atoms with Gasteiger partial charge in [0.25, 0.3) is 5.56 Å². The maximum absolute atomic E-state index is 13.3. The van der Waals surface area contributed by atoms with Crippen molar-refractivity contribution < 1.29 is 9.53 Å². The highest BCUT2D eigenvalue weighted by molar-refractivity contribution is 7.17. The Balaban J connectivity index is 1.32. The van der Waals surface area contributed by atoms with Crippen LogP contribution in [0.1, 0.15) is 18.4 Å². The number of benzene rings is 2. The Morgan fingerprint density at radius 1 is 1.09 bits per heavy atom. The number of thiophene rings is 1. The molecule has 8 heteroatoms. The first-order chi connectivity index (χ1) is 16.7. The summed E-state index contributed by atoms with van der Waals surface area (Å²) in [6, 6.07) is 19.2. The van der Waals surface area contributed by atoms with Gasteiger partial charge in [0.15, 0.2) is 0 Å². The number of methoxy groups -OCH3 is 1. The van der Waals surface area contributed by atoms with Gasteiger partial charge >= 0.3 is 0 Å². The molecule has 1 amide bonds. The van der Waals surface area contributed by atoms with Crippen molar-refractivity contribution in [1.29, 1.82) is 0 Å². The van der Waals surface area contributed by atoms with E-state index in [1.807, 2.05) is 66.0 Å². The van der Waals surface area contributed by atoms with Crippen LogP contribution in [-0.4, -0.2) is 35.7 Å². The van der Waals surface area contributed by atoms with E-state index in [2.05, 4.69) is 10.2 Å². The van der Waals surface area contributed by atoms with Gasteiger partial charge in [-0.3, -0.25) is 9.59 Å². The zero-order valence-electron chi connectivity index (χ0n) is 18.9. The normalized spacial score (nSPS) is 14.3. The number of para-hydroxylation sites is 2. The number of fused-ring (bicyclic) bond motifs is 1. The molecule has 3 heterocycles. The number of ether oxygens (including phenoxy) is 1. The third-order valence-electron chi connectivity index (χ3n) is 6.27. The van der Waals surface area contributed by atoms with E-state index in [1.165, 1.54) is 11.3 Å². The van der Waals surface area contributed by atoms with Crippen LogP contribution in [-0.2, 0) is 11.3 Å². The minimum atomic E-state index is -0.0762. The van der Waals surface area contributed by atoms with E-state index in [0.717, 1.165) is 17.0 Å². The molecule has 4 aromatic rings. The van der Waals surface area contributed by atoms with Gasteiger partial charge in [-0.15, -0.1) is 11.3 Å². The van der Waals surface area contributed by atoms with Gasteiger partial charge in [-0.2, -0.15) is 0 Å². The first-order valence-electron chi connectivity index (χ1n) is 11.4. The lowest BCUT2D eigenvalue weighted by molar-refractivity contribution is -0.125. The van der Waals surface area contributed by atoms with Gasteiger partial charge in [-0.25, -0.2) is 9.55 Å². The van der Waals surface area contributed by atoms with Crippen LogP contribution < -0.4 is 20.5 Å². The summed E-state index contributed by atoms with van der Waals surface area (Å²) < 4.78 is 7.72. The van der Waals surface area contributed by atoms with Crippen molar-refractivity contribution in [3.63, 3.8) is 0 Å². The van der Waals surface area contributed by atoms with Crippen LogP contribution in [0.5, 0.6) is 5.75 Å². The van der Waals surface area contributed by atoms with Crippen LogP contribution >= 0.6 is 11.3 Å². The quantitative estimate of drug-likeness (QED) is 0.457. The number of anilines is 1. The first kappa shape index (κ1) is 22.2. The maximum Gasteiger partial charge on any atom is 0.277 e. The molecule has 0 unspecified atom stereocenters. The number of aromatic nitrogens is 2. The molecule has 1 fully saturated rings. The minimum Gasteiger partial charge on any atom is -0.496 e. The number of piperidine rings is 1. The fourth-order valence-electron chi connectivity index (χ4n) is 4.44. The number of nitrogens with zero attached hydrogens (tertiary/aromatic N) is 3. The Kier molecular flexibility index (Phi) is 6.31. The zero-order chi connectivity index (χ0) is 23.5. The maximum atomic E-state index is 13.3. The van der Waals surface area contributed by atoms with Crippen molar-refractivity contribution in [2.45, 2.75) is 19.4 Å². The summed E-state index contributed by atoms with van der Waals surface area (Å²) in [6.07, 6.45) is 1.40. The van der Waals surface area contributed by atoms with Gasteiger partial charge in [0.05, 0.1) is 18.3 Å². The molecule has 0 aliphatic carbocycles. The lowest BCUT2D eigenvalue weighted by atomic mass is 9.96. The van der Waals surface area contributed by atoms with Crippen LogP contribution in [0.3, 0.4) is 0 Å². The molecule has 1 N–H and O–H groups in total. The van der Waals surface area contributed by atoms with Crippen LogP contribution in [0.25, 0.3) is 15.9 Å². The standard InChI is InChI=1S/C26H26N4O3S/c1-33-22-10-6-5-7-19(22)17-27-24(31)18-11-14-29(15-12-18)26-28-21-13-16-34-23(21)25(32)30(26)20-8-3-2-4-9-20/h2-10,13,16,18H,11-12,14-15,17H2,1H3,(H,27,31). The number of nitrogens with one attached hydrogen (secondary N) is 1. The predicted molar refractivity (Wildman–Crippen MR) is 135 cm³/mol. The Labute approximate surface area is 201 Å². The van der Waals surface area contributed by atoms with Crippen molar-refractivity contribution in [2.24, 2.45) is 5.92 Å². The number of amides is 1. The van der Waals surface area contributed by atoms with E-state index in [-0.39, 0.29) is 17.4 Å². The summed E-state index contributed by atoms with van der Waals surface area (Å²) in [5.41, 5.74) is 2.41. The molecule has 5 rings (SSSR count). The summed E-state index contributed by atoms with van der Waals surface area (Å²) in [4.78, 5) is 33.2. The van der Waals surface area contributed by atoms with Crippen LogP contribution in [0.4, 0.5) is 5.95 Å². The number of carbonyl (C=O) groups excluding carboxylic acids is 1. The second-order valence-electron chi connectivity index (χ2n) is 8.31. The average Bonchev–Trinajstić information content (AvgIpc) is 3.37. The number of carbonyl (C=O) groups is 1.